The predicted octanol–water partition coefficient (Wildman–Crippen LogP) is 3.29. The fourth-order valence-corrected chi connectivity index (χ4v) is 3.22. The third-order valence-electron chi connectivity index (χ3n) is 4.65. The van der Waals surface area contributed by atoms with E-state index < -0.39 is 11.9 Å². The number of aromatic hydroxyl groups is 1. The lowest BCUT2D eigenvalue weighted by Gasteiger charge is -2.19. The van der Waals surface area contributed by atoms with Gasteiger partial charge in [0, 0.05) is 17.3 Å². The van der Waals surface area contributed by atoms with Gasteiger partial charge in [0.2, 0.25) is 0 Å². The predicted molar refractivity (Wildman–Crippen MR) is 108 cm³/mol. The summed E-state index contributed by atoms with van der Waals surface area (Å²) in [5, 5.41) is 10.1. The molecule has 29 heavy (non-hydrogen) atoms. The molecule has 7 heteroatoms. The zero-order chi connectivity index (χ0) is 21.1. The lowest BCUT2D eigenvalue weighted by atomic mass is 10.0. The molecule has 0 aliphatic carbocycles. The third-order valence-corrected chi connectivity index (χ3v) is 4.65. The van der Waals surface area contributed by atoms with Crippen molar-refractivity contribution in [2.24, 2.45) is 0 Å². The molecule has 0 unspecified atom stereocenters. The summed E-state index contributed by atoms with van der Waals surface area (Å²) < 4.78 is 15.5. The molecule has 0 saturated heterocycles. The van der Waals surface area contributed by atoms with E-state index in [-0.39, 0.29) is 16.9 Å². The Morgan fingerprint density at radius 3 is 2.34 bits per heavy atom. The quantitative estimate of drug-likeness (QED) is 0.618. The molecule has 2 aromatic carbocycles. The van der Waals surface area contributed by atoms with Gasteiger partial charge in [-0.15, -0.1) is 0 Å². The Labute approximate surface area is 168 Å². The smallest absolute Gasteiger partial charge is 0.340 e. The minimum Gasteiger partial charge on any atom is -0.507 e. The Kier molecular flexibility index (Phi) is 5.59. The maximum Gasteiger partial charge on any atom is 0.340 e. The van der Waals surface area contributed by atoms with Crippen molar-refractivity contribution in [2.45, 2.75) is 6.92 Å². The number of rotatable bonds is 5. The van der Waals surface area contributed by atoms with Crippen LogP contribution in [-0.2, 0) is 14.3 Å². The highest BCUT2D eigenvalue weighted by Gasteiger charge is 2.38. The van der Waals surface area contributed by atoms with Gasteiger partial charge in [0.25, 0.3) is 5.91 Å². The highest BCUT2D eigenvalue weighted by Crippen LogP contribution is 2.39. The van der Waals surface area contributed by atoms with E-state index >= 15 is 0 Å². The fourth-order valence-electron chi connectivity index (χ4n) is 3.22. The highest BCUT2D eigenvalue weighted by molar-refractivity contribution is 6.24. The summed E-state index contributed by atoms with van der Waals surface area (Å²) in [6.45, 7) is 1.66. The summed E-state index contributed by atoms with van der Waals surface area (Å²) in [6.07, 6.45) is 1.48. The van der Waals surface area contributed by atoms with Crippen LogP contribution in [0.3, 0.4) is 0 Å². The second-order valence-corrected chi connectivity index (χ2v) is 6.25. The van der Waals surface area contributed by atoms with Crippen molar-refractivity contribution in [2.75, 3.05) is 26.2 Å². The van der Waals surface area contributed by atoms with E-state index in [0.29, 0.717) is 28.4 Å². The van der Waals surface area contributed by atoms with Gasteiger partial charge in [-0.05, 0) is 31.2 Å². The lowest BCUT2D eigenvalue weighted by Crippen LogP contribution is -2.24. The largest absolute Gasteiger partial charge is 0.507 e. The summed E-state index contributed by atoms with van der Waals surface area (Å²) in [7, 11) is 4.27. The van der Waals surface area contributed by atoms with Crippen molar-refractivity contribution >= 4 is 23.6 Å². The van der Waals surface area contributed by atoms with Gasteiger partial charge in [0.1, 0.15) is 5.75 Å². The molecular weight excluding hydrogens is 374 g/mol. The summed E-state index contributed by atoms with van der Waals surface area (Å²) in [4.78, 5) is 27.1. The lowest BCUT2D eigenvalue weighted by molar-refractivity contribution is -0.136. The van der Waals surface area contributed by atoms with Crippen molar-refractivity contribution < 1.29 is 28.9 Å². The number of amides is 1. The van der Waals surface area contributed by atoms with Crippen molar-refractivity contribution in [3.63, 3.8) is 0 Å². The summed E-state index contributed by atoms with van der Waals surface area (Å²) in [5.74, 6) is -0.0934. The molecule has 0 radical (unpaired) electrons. The molecule has 0 spiro atoms. The number of carbonyl (C=O) groups excluding carboxylic acids is 2. The monoisotopic (exact) mass is 395 g/mol. The average molecular weight is 395 g/mol. The van der Waals surface area contributed by atoms with Gasteiger partial charge < -0.3 is 19.3 Å². The number of methoxy groups -OCH3 is 3. The number of ether oxygens (including phenoxy) is 3. The average Bonchev–Trinajstić information content (AvgIpc) is 2.98. The number of phenols is 1. The zero-order valence-corrected chi connectivity index (χ0v) is 16.6. The van der Waals surface area contributed by atoms with Crippen molar-refractivity contribution in [1.82, 2.24) is 0 Å². The first kappa shape index (κ1) is 20.0. The molecule has 7 nitrogen and oxygen atoms in total. The second-order valence-electron chi connectivity index (χ2n) is 6.25. The van der Waals surface area contributed by atoms with E-state index in [2.05, 4.69) is 0 Å². The van der Waals surface area contributed by atoms with E-state index in [9.17, 15) is 14.7 Å². The Morgan fingerprint density at radius 2 is 1.72 bits per heavy atom. The van der Waals surface area contributed by atoms with Crippen molar-refractivity contribution in [3.05, 3.63) is 64.9 Å². The molecular formula is C22H21NO6. The number of phenolic OH excluding ortho intramolecular Hbond substituents is 1. The summed E-state index contributed by atoms with van der Waals surface area (Å²) >= 11 is 0. The standard InChI is InChI=1S/C22H21NO6/c1-13-20(22(26)29-4)16(11-14-7-5-6-8-17(14)24)21(25)23(13)15-9-10-18(27-2)19(12-15)28-3/h5-12,24H,1-4H3. The molecule has 0 aromatic heterocycles. The Hall–Kier alpha value is -3.74. The molecule has 3 rings (SSSR count). The maximum absolute atomic E-state index is 13.3. The first-order valence-corrected chi connectivity index (χ1v) is 8.78. The van der Waals surface area contributed by atoms with Crippen molar-refractivity contribution in [3.8, 4) is 17.2 Å². The second kappa shape index (κ2) is 8.10. The first-order valence-electron chi connectivity index (χ1n) is 8.78. The molecule has 0 bridgehead atoms. The summed E-state index contributed by atoms with van der Waals surface area (Å²) in [5.41, 5.74) is 1.60. The van der Waals surface area contributed by atoms with Gasteiger partial charge in [-0.1, -0.05) is 18.2 Å². The number of hydrogen-bond acceptors (Lipinski definition) is 6. The first-order chi connectivity index (χ1) is 13.9. The molecule has 1 heterocycles. The normalized spacial score (nSPS) is 15.1. The molecule has 0 fully saturated rings. The Bertz CT molecular complexity index is 1040. The van der Waals surface area contributed by atoms with E-state index in [1.54, 1.807) is 43.3 Å². The molecule has 1 aliphatic heterocycles. The number of carbonyl (C=O) groups is 2. The van der Waals surface area contributed by atoms with Gasteiger partial charge in [0.15, 0.2) is 11.5 Å². The van der Waals surface area contributed by atoms with Gasteiger partial charge in [-0.2, -0.15) is 0 Å². The highest BCUT2D eigenvalue weighted by atomic mass is 16.5. The molecule has 2 aromatic rings. The number of esters is 1. The van der Waals surface area contributed by atoms with Gasteiger partial charge in [-0.25, -0.2) is 4.79 Å². The van der Waals surface area contributed by atoms with Crippen LogP contribution in [-0.4, -0.2) is 38.3 Å². The van der Waals surface area contributed by atoms with Crippen LogP contribution in [0.15, 0.2) is 59.3 Å². The number of allylic oxidation sites excluding steroid dienone is 1. The maximum atomic E-state index is 13.3. The van der Waals surface area contributed by atoms with Crippen LogP contribution in [0.25, 0.3) is 6.08 Å². The number of nitrogens with zero attached hydrogens (tertiary/aromatic N) is 1. The number of benzene rings is 2. The SMILES string of the molecule is COC(=O)C1=C(C)N(c2ccc(OC)c(OC)c2)C(=O)C1=Cc1ccccc1O. The molecule has 1 amide bonds. The Morgan fingerprint density at radius 1 is 1.03 bits per heavy atom. The molecule has 1 N–H and O–H groups in total. The van der Waals surface area contributed by atoms with E-state index in [4.69, 9.17) is 14.2 Å². The van der Waals surface area contributed by atoms with Crippen LogP contribution in [0, 0.1) is 0 Å². The van der Waals surface area contributed by atoms with Gasteiger partial charge >= 0.3 is 5.97 Å². The van der Waals surface area contributed by atoms with E-state index in [0.717, 1.165) is 0 Å². The zero-order valence-electron chi connectivity index (χ0n) is 16.6. The van der Waals surface area contributed by atoms with Crippen LogP contribution in [0.1, 0.15) is 12.5 Å². The van der Waals surface area contributed by atoms with Crippen molar-refractivity contribution in [1.29, 1.82) is 0 Å². The fraction of sp³-hybridized carbons (Fsp3) is 0.182. The van der Waals surface area contributed by atoms with E-state index in [1.165, 1.54) is 38.4 Å². The van der Waals surface area contributed by atoms with Gasteiger partial charge in [-0.3, -0.25) is 9.69 Å². The van der Waals surface area contributed by atoms with Crippen LogP contribution in [0.2, 0.25) is 0 Å². The topological polar surface area (TPSA) is 85.3 Å². The van der Waals surface area contributed by atoms with Crippen LogP contribution < -0.4 is 14.4 Å². The summed E-state index contributed by atoms with van der Waals surface area (Å²) in [6, 6.07) is 11.6. The number of anilines is 1. The minimum atomic E-state index is -0.638. The molecule has 0 saturated carbocycles. The van der Waals surface area contributed by atoms with Crippen LogP contribution in [0.4, 0.5) is 5.69 Å². The van der Waals surface area contributed by atoms with E-state index in [1.807, 2.05) is 0 Å². The molecule has 0 atom stereocenters. The number of para-hydroxylation sites is 1. The molecule has 150 valence electrons. The number of hydrogen-bond donors (Lipinski definition) is 1. The third kappa shape index (κ3) is 3.54. The minimum absolute atomic E-state index is 0.000708. The van der Waals surface area contributed by atoms with Crippen LogP contribution in [0.5, 0.6) is 17.2 Å². The van der Waals surface area contributed by atoms with Crippen LogP contribution >= 0.6 is 0 Å². The van der Waals surface area contributed by atoms with Gasteiger partial charge in [0.05, 0.1) is 38.2 Å². The molecule has 1 aliphatic rings. The Balaban J connectivity index is 2.16.